The largest absolute Gasteiger partial charge is 0.489 e. The monoisotopic (exact) mass is 340 g/mol. The quantitative estimate of drug-likeness (QED) is 0.855. The van der Waals surface area contributed by atoms with Gasteiger partial charge in [0, 0.05) is 6.42 Å². The van der Waals surface area contributed by atoms with Crippen LogP contribution in [0.25, 0.3) is 0 Å². The van der Waals surface area contributed by atoms with Crippen molar-refractivity contribution in [1.29, 1.82) is 0 Å². The van der Waals surface area contributed by atoms with Crippen LogP contribution in [0.1, 0.15) is 48.1 Å². The Morgan fingerprint density at radius 1 is 1.20 bits per heavy atom. The number of aliphatic hydroxyl groups is 1. The standard InChI is InChI=1S/C21H24O4/c1-14-6-4-5-7-16(14)13-24-17-8-9-18(15(2)10-17)19-11-21(3,23)12-20(22)25-19/h4-10,19,23H,11-13H2,1-3H3. The SMILES string of the molecule is Cc1ccccc1COc1ccc(C2CC(C)(O)CC(=O)O2)c(C)c1. The van der Waals surface area contributed by atoms with Gasteiger partial charge in [0.2, 0.25) is 0 Å². The molecule has 2 atom stereocenters. The van der Waals surface area contributed by atoms with E-state index in [1.54, 1.807) is 6.92 Å². The van der Waals surface area contributed by atoms with Crippen molar-refractivity contribution < 1.29 is 19.4 Å². The summed E-state index contributed by atoms with van der Waals surface area (Å²) in [6, 6.07) is 13.9. The van der Waals surface area contributed by atoms with E-state index in [4.69, 9.17) is 9.47 Å². The van der Waals surface area contributed by atoms with Crippen molar-refractivity contribution in [2.24, 2.45) is 0 Å². The lowest BCUT2D eigenvalue weighted by Gasteiger charge is -2.34. The number of carbonyl (C=O) groups is 1. The zero-order valence-corrected chi connectivity index (χ0v) is 14.9. The van der Waals surface area contributed by atoms with Crippen molar-refractivity contribution in [2.45, 2.75) is 51.9 Å². The maximum atomic E-state index is 11.7. The van der Waals surface area contributed by atoms with Crippen molar-refractivity contribution in [1.82, 2.24) is 0 Å². The van der Waals surface area contributed by atoms with Gasteiger partial charge in [-0.1, -0.05) is 30.3 Å². The van der Waals surface area contributed by atoms with E-state index in [0.717, 1.165) is 22.4 Å². The molecule has 1 aliphatic rings. The van der Waals surface area contributed by atoms with Crippen LogP contribution in [0.5, 0.6) is 5.75 Å². The number of aryl methyl sites for hydroxylation is 2. The number of cyclic esters (lactones) is 1. The second kappa shape index (κ2) is 6.89. The Hall–Kier alpha value is -2.33. The summed E-state index contributed by atoms with van der Waals surface area (Å²) < 4.78 is 11.3. The summed E-state index contributed by atoms with van der Waals surface area (Å²) in [4.78, 5) is 11.7. The number of hydrogen-bond acceptors (Lipinski definition) is 4. The van der Waals surface area contributed by atoms with Gasteiger partial charge in [-0.05, 0) is 55.2 Å². The predicted molar refractivity (Wildman–Crippen MR) is 95.4 cm³/mol. The third kappa shape index (κ3) is 4.20. The van der Waals surface area contributed by atoms with E-state index in [9.17, 15) is 9.90 Å². The number of hydrogen-bond donors (Lipinski definition) is 1. The highest BCUT2D eigenvalue weighted by atomic mass is 16.5. The lowest BCUT2D eigenvalue weighted by atomic mass is 9.87. The number of esters is 1. The van der Waals surface area contributed by atoms with E-state index in [0.29, 0.717) is 13.0 Å². The first-order valence-corrected chi connectivity index (χ1v) is 8.54. The average molecular weight is 340 g/mol. The van der Waals surface area contributed by atoms with Crippen molar-refractivity contribution in [2.75, 3.05) is 0 Å². The molecule has 132 valence electrons. The first kappa shape index (κ1) is 17.5. The van der Waals surface area contributed by atoms with Gasteiger partial charge in [-0.15, -0.1) is 0 Å². The molecular weight excluding hydrogens is 316 g/mol. The fourth-order valence-electron chi connectivity index (χ4n) is 3.23. The maximum absolute atomic E-state index is 11.7. The highest BCUT2D eigenvalue weighted by Crippen LogP contribution is 2.37. The highest BCUT2D eigenvalue weighted by Gasteiger charge is 2.37. The molecule has 1 aliphatic heterocycles. The topological polar surface area (TPSA) is 55.8 Å². The van der Waals surface area contributed by atoms with Crippen LogP contribution in [-0.2, 0) is 16.1 Å². The van der Waals surface area contributed by atoms with Crippen molar-refractivity contribution >= 4 is 5.97 Å². The van der Waals surface area contributed by atoms with E-state index in [-0.39, 0.29) is 12.4 Å². The summed E-state index contributed by atoms with van der Waals surface area (Å²) in [5.41, 5.74) is 3.23. The van der Waals surface area contributed by atoms with E-state index in [1.165, 1.54) is 5.56 Å². The van der Waals surface area contributed by atoms with Crippen molar-refractivity contribution in [3.8, 4) is 5.75 Å². The number of rotatable bonds is 4. The van der Waals surface area contributed by atoms with Gasteiger partial charge in [0.05, 0.1) is 12.0 Å². The van der Waals surface area contributed by atoms with Gasteiger partial charge in [0.15, 0.2) is 0 Å². The summed E-state index contributed by atoms with van der Waals surface area (Å²) in [5.74, 6) is 0.416. The van der Waals surface area contributed by atoms with Crippen LogP contribution in [0.2, 0.25) is 0 Å². The molecule has 1 saturated heterocycles. The zero-order valence-electron chi connectivity index (χ0n) is 14.9. The minimum Gasteiger partial charge on any atom is -0.489 e. The van der Waals surface area contributed by atoms with Gasteiger partial charge in [0.1, 0.15) is 18.5 Å². The van der Waals surface area contributed by atoms with Gasteiger partial charge in [-0.3, -0.25) is 4.79 Å². The summed E-state index contributed by atoms with van der Waals surface area (Å²) in [5, 5.41) is 10.2. The van der Waals surface area contributed by atoms with Crippen molar-refractivity contribution in [3.05, 3.63) is 64.7 Å². The minimum absolute atomic E-state index is 0.0418. The molecule has 1 heterocycles. The molecule has 3 rings (SSSR count). The number of carbonyl (C=O) groups excluding carboxylic acids is 1. The normalized spacial score (nSPS) is 23.2. The Morgan fingerprint density at radius 2 is 1.96 bits per heavy atom. The van der Waals surface area contributed by atoms with Crippen LogP contribution < -0.4 is 4.74 Å². The number of benzene rings is 2. The summed E-state index contributed by atoms with van der Waals surface area (Å²) in [6.45, 7) is 6.22. The molecule has 2 aromatic rings. The molecule has 0 aliphatic carbocycles. The minimum atomic E-state index is -1.02. The molecule has 25 heavy (non-hydrogen) atoms. The van der Waals surface area contributed by atoms with E-state index < -0.39 is 11.7 Å². The molecule has 0 spiro atoms. The molecule has 0 radical (unpaired) electrons. The van der Waals surface area contributed by atoms with Gasteiger partial charge >= 0.3 is 5.97 Å². The molecule has 1 N–H and O–H groups in total. The zero-order chi connectivity index (χ0) is 18.0. The highest BCUT2D eigenvalue weighted by molar-refractivity contribution is 5.72. The summed E-state index contributed by atoms with van der Waals surface area (Å²) in [7, 11) is 0. The van der Waals surface area contributed by atoms with Crippen LogP contribution in [0.15, 0.2) is 42.5 Å². The van der Waals surface area contributed by atoms with Crippen LogP contribution in [0.4, 0.5) is 0 Å². The second-order valence-corrected chi connectivity index (χ2v) is 7.09. The van der Waals surface area contributed by atoms with Crippen LogP contribution in [-0.4, -0.2) is 16.7 Å². The molecule has 0 amide bonds. The van der Waals surface area contributed by atoms with Crippen LogP contribution in [0.3, 0.4) is 0 Å². The van der Waals surface area contributed by atoms with E-state index in [1.807, 2.05) is 37.3 Å². The molecule has 2 unspecified atom stereocenters. The first-order valence-electron chi connectivity index (χ1n) is 8.54. The van der Waals surface area contributed by atoms with Gasteiger partial charge < -0.3 is 14.6 Å². The molecule has 0 bridgehead atoms. The Bertz CT molecular complexity index is 779. The Kier molecular flexibility index (Phi) is 4.82. The fraction of sp³-hybridized carbons (Fsp3) is 0.381. The molecule has 2 aromatic carbocycles. The smallest absolute Gasteiger partial charge is 0.309 e. The van der Waals surface area contributed by atoms with Crippen LogP contribution >= 0.6 is 0 Å². The molecule has 0 saturated carbocycles. The van der Waals surface area contributed by atoms with Gasteiger partial charge in [-0.25, -0.2) is 0 Å². The molecule has 0 aromatic heterocycles. The summed E-state index contributed by atoms with van der Waals surface area (Å²) in [6.07, 6.45) is 0.0325. The van der Waals surface area contributed by atoms with Gasteiger partial charge in [0.25, 0.3) is 0 Å². The third-order valence-corrected chi connectivity index (χ3v) is 4.67. The predicted octanol–water partition coefficient (Wildman–Crippen LogP) is 4.01. The Morgan fingerprint density at radius 3 is 2.64 bits per heavy atom. The fourth-order valence-corrected chi connectivity index (χ4v) is 3.23. The molecule has 1 fully saturated rings. The Balaban J connectivity index is 1.73. The van der Waals surface area contributed by atoms with E-state index >= 15 is 0 Å². The first-order chi connectivity index (χ1) is 11.8. The third-order valence-electron chi connectivity index (χ3n) is 4.67. The Labute approximate surface area is 148 Å². The second-order valence-electron chi connectivity index (χ2n) is 7.09. The molecular formula is C21H24O4. The van der Waals surface area contributed by atoms with Crippen LogP contribution in [0, 0.1) is 13.8 Å². The maximum Gasteiger partial charge on any atom is 0.309 e. The summed E-state index contributed by atoms with van der Waals surface area (Å²) >= 11 is 0. The molecule has 4 nitrogen and oxygen atoms in total. The van der Waals surface area contributed by atoms with Gasteiger partial charge in [-0.2, -0.15) is 0 Å². The van der Waals surface area contributed by atoms with E-state index in [2.05, 4.69) is 19.1 Å². The lowest BCUT2D eigenvalue weighted by molar-refractivity contribution is -0.168. The lowest BCUT2D eigenvalue weighted by Crippen LogP contribution is -2.37. The van der Waals surface area contributed by atoms with Crippen molar-refractivity contribution in [3.63, 3.8) is 0 Å². The number of ether oxygens (including phenoxy) is 2. The average Bonchev–Trinajstić information content (AvgIpc) is 2.52. The molecule has 4 heteroatoms.